The van der Waals surface area contributed by atoms with Gasteiger partial charge in [-0.15, -0.1) is 0 Å². The number of ether oxygens (including phenoxy) is 4. The van der Waals surface area contributed by atoms with Crippen molar-refractivity contribution in [3.63, 3.8) is 0 Å². The van der Waals surface area contributed by atoms with Crippen molar-refractivity contribution in [1.29, 1.82) is 0 Å². The first kappa shape index (κ1) is 17.0. The Hall–Kier alpha value is -2.88. The van der Waals surface area contributed by atoms with Gasteiger partial charge in [-0.3, -0.25) is 0 Å². The summed E-state index contributed by atoms with van der Waals surface area (Å²) >= 11 is 0. The Kier molecular flexibility index (Phi) is 4.98. The lowest BCUT2D eigenvalue weighted by Gasteiger charge is -2.15. The van der Waals surface area contributed by atoms with Gasteiger partial charge >= 0.3 is 0 Å². The molecule has 0 aromatic heterocycles. The van der Waals surface area contributed by atoms with Gasteiger partial charge in [0, 0.05) is 0 Å². The van der Waals surface area contributed by atoms with Gasteiger partial charge in [-0.05, 0) is 52.6 Å². The first-order chi connectivity index (χ1) is 12.2. The van der Waals surface area contributed by atoms with Crippen molar-refractivity contribution in [1.82, 2.24) is 0 Å². The Morgan fingerprint density at radius 2 is 1.44 bits per heavy atom. The van der Waals surface area contributed by atoms with Crippen molar-refractivity contribution < 1.29 is 18.9 Å². The van der Waals surface area contributed by atoms with Crippen LogP contribution in [0.1, 0.15) is 11.1 Å². The fraction of sp³-hybridized carbons (Fsp3) is 0.238. The Balaban J connectivity index is 2.04. The lowest BCUT2D eigenvalue weighted by molar-refractivity contribution is 0.324. The second-order valence-electron chi connectivity index (χ2n) is 5.71. The summed E-state index contributed by atoms with van der Waals surface area (Å²) in [6.07, 6.45) is 0.764. The van der Waals surface area contributed by atoms with Crippen molar-refractivity contribution in [3.8, 4) is 23.0 Å². The van der Waals surface area contributed by atoms with E-state index in [9.17, 15) is 0 Å². The van der Waals surface area contributed by atoms with Gasteiger partial charge in [-0.25, -0.2) is 0 Å². The Morgan fingerprint density at radius 3 is 2.04 bits per heavy atom. The van der Waals surface area contributed by atoms with Gasteiger partial charge in [0.15, 0.2) is 11.5 Å². The van der Waals surface area contributed by atoms with E-state index in [0.717, 1.165) is 23.1 Å². The Bertz CT molecular complexity index is 861. The maximum absolute atomic E-state index is 5.45. The summed E-state index contributed by atoms with van der Waals surface area (Å²) in [6.45, 7) is 0. The van der Waals surface area contributed by atoms with Crippen LogP contribution in [0.25, 0.3) is 10.8 Å². The molecule has 0 aliphatic carbocycles. The van der Waals surface area contributed by atoms with Crippen LogP contribution in [0.4, 0.5) is 0 Å². The summed E-state index contributed by atoms with van der Waals surface area (Å²) in [4.78, 5) is 0. The highest BCUT2D eigenvalue weighted by molar-refractivity contribution is 5.87. The molecule has 0 atom stereocenters. The molecule has 3 rings (SSSR count). The lowest BCUT2D eigenvalue weighted by Crippen LogP contribution is -1.98. The summed E-state index contributed by atoms with van der Waals surface area (Å²) < 4.78 is 21.6. The van der Waals surface area contributed by atoms with E-state index in [1.165, 1.54) is 10.9 Å². The monoisotopic (exact) mass is 338 g/mol. The topological polar surface area (TPSA) is 36.9 Å². The van der Waals surface area contributed by atoms with Crippen LogP contribution >= 0.6 is 0 Å². The molecule has 25 heavy (non-hydrogen) atoms. The molecule has 3 aromatic rings. The maximum atomic E-state index is 5.45. The first-order valence-corrected chi connectivity index (χ1v) is 8.04. The third-order valence-electron chi connectivity index (χ3n) is 4.30. The fourth-order valence-electron chi connectivity index (χ4n) is 3.07. The Morgan fingerprint density at radius 1 is 0.720 bits per heavy atom. The second kappa shape index (κ2) is 7.34. The summed E-state index contributed by atoms with van der Waals surface area (Å²) in [5, 5.41) is 2.36. The average Bonchev–Trinajstić information content (AvgIpc) is 2.66. The molecule has 0 aliphatic rings. The van der Waals surface area contributed by atoms with Crippen LogP contribution in [0, 0.1) is 0 Å². The fourth-order valence-corrected chi connectivity index (χ4v) is 3.07. The van der Waals surface area contributed by atoms with Crippen LogP contribution in [0.5, 0.6) is 23.0 Å². The zero-order valence-corrected chi connectivity index (χ0v) is 15.0. The molecule has 0 radical (unpaired) electrons. The zero-order valence-electron chi connectivity index (χ0n) is 15.0. The number of hydrogen-bond acceptors (Lipinski definition) is 4. The number of fused-ring (bicyclic) bond motifs is 1. The van der Waals surface area contributed by atoms with E-state index in [1.807, 2.05) is 24.3 Å². The van der Waals surface area contributed by atoms with E-state index in [4.69, 9.17) is 18.9 Å². The maximum Gasteiger partial charge on any atom is 0.203 e. The third kappa shape index (κ3) is 3.33. The SMILES string of the molecule is COc1ccc2c(Cc3cc(OC)c(OC)c(OC)c3)cccc2c1. The molecule has 3 aromatic carbocycles. The molecule has 0 saturated heterocycles. The van der Waals surface area contributed by atoms with Crippen LogP contribution in [-0.4, -0.2) is 28.4 Å². The van der Waals surface area contributed by atoms with Crippen LogP contribution in [0.15, 0.2) is 48.5 Å². The third-order valence-corrected chi connectivity index (χ3v) is 4.30. The number of benzene rings is 3. The molecule has 0 aliphatic heterocycles. The summed E-state index contributed by atoms with van der Waals surface area (Å²) in [6, 6.07) is 16.4. The predicted molar refractivity (Wildman–Crippen MR) is 99.4 cm³/mol. The number of hydrogen-bond donors (Lipinski definition) is 0. The van der Waals surface area contributed by atoms with Gasteiger partial charge in [-0.1, -0.05) is 24.3 Å². The highest BCUT2D eigenvalue weighted by atomic mass is 16.5. The molecule has 4 heteroatoms. The molecule has 130 valence electrons. The van der Waals surface area contributed by atoms with Crippen molar-refractivity contribution >= 4 is 10.8 Å². The van der Waals surface area contributed by atoms with Gasteiger partial charge in [0.1, 0.15) is 5.75 Å². The highest BCUT2D eigenvalue weighted by Crippen LogP contribution is 2.39. The van der Waals surface area contributed by atoms with E-state index in [1.54, 1.807) is 28.4 Å². The first-order valence-electron chi connectivity index (χ1n) is 8.04. The van der Waals surface area contributed by atoms with Gasteiger partial charge in [0.05, 0.1) is 28.4 Å². The molecule has 0 saturated carbocycles. The minimum absolute atomic E-state index is 0.608. The normalized spacial score (nSPS) is 10.6. The quantitative estimate of drug-likeness (QED) is 0.665. The minimum Gasteiger partial charge on any atom is -0.497 e. The average molecular weight is 338 g/mol. The number of methoxy groups -OCH3 is 4. The van der Waals surface area contributed by atoms with Crippen LogP contribution in [0.2, 0.25) is 0 Å². The predicted octanol–water partition coefficient (Wildman–Crippen LogP) is 4.47. The van der Waals surface area contributed by atoms with Crippen molar-refractivity contribution in [2.45, 2.75) is 6.42 Å². The standard InChI is InChI=1S/C21H22O4/c1-22-17-8-9-18-15(6-5-7-16(18)13-17)10-14-11-19(23-2)21(25-4)20(12-14)24-3/h5-9,11-13H,10H2,1-4H3. The second-order valence-corrected chi connectivity index (χ2v) is 5.71. The van der Waals surface area contributed by atoms with Crippen molar-refractivity contribution in [2.75, 3.05) is 28.4 Å². The van der Waals surface area contributed by atoms with Crippen molar-refractivity contribution in [3.05, 3.63) is 59.7 Å². The largest absolute Gasteiger partial charge is 0.497 e. The summed E-state index contributed by atoms with van der Waals surface area (Å²) in [5.74, 6) is 2.80. The van der Waals surface area contributed by atoms with Gasteiger partial charge in [0.2, 0.25) is 5.75 Å². The summed E-state index contributed by atoms with van der Waals surface area (Å²) in [7, 11) is 6.55. The van der Waals surface area contributed by atoms with Crippen LogP contribution in [0.3, 0.4) is 0 Å². The van der Waals surface area contributed by atoms with Crippen LogP contribution in [-0.2, 0) is 6.42 Å². The van der Waals surface area contributed by atoms with E-state index in [2.05, 4.69) is 24.3 Å². The molecule has 4 nitrogen and oxygen atoms in total. The molecule has 0 bridgehead atoms. The zero-order chi connectivity index (χ0) is 17.8. The van der Waals surface area contributed by atoms with E-state index in [0.29, 0.717) is 17.2 Å². The van der Waals surface area contributed by atoms with Crippen LogP contribution < -0.4 is 18.9 Å². The van der Waals surface area contributed by atoms with E-state index < -0.39 is 0 Å². The summed E-state index contributed by atoms with van der Waals surface area (Å²) in [5.41, 5.74) is 2.33. The Labute approximate surface area is 147 Å². The molecule has 0 unspecified atom stereocenters. The van der Waals surface area contributed by atoms with Gasteiger partial charge in [0.25, 0.3) is 0 Å². The highest BCUT2D eigenvalue weighted by Gasteiger charge is 2.14. The molecule has 0 amide bonds. The number of rotatable bonds is 6. The molecular weight excluding hydrogens is 316 g/mol. The smallest absolute Gasteiger partial charge is 0.203 e. The lowest BCUT2D eigenvalue weighted by atomic mass is 9.98. The minimum atomic E-state index is 0.608. The molecule has 0 N–H and O–H groups in total. The van der Waals surface area contributed by atoms with E-state index >= 15 is 0 Å². The molecule has 0 spiro atoms. The van der Waals surface area contributed by atoms with Gasteiger partial charge in [-0.2, -0.15) is 0 Å². The van der Waals surface area contributed by atoms with E-state index in [-0.39, 0.29) is 0 Å². The van der Waals surface area contributed by atoms with Gasteiger partial charge < -0.3 is 18.9 Å². The molecular formula is C21H22O4. The molecule has 0 heterocycles. The molecule has 0 fully saturated rings. The van der Waals surface area contributed by atoms with Crippen molar-refractivity contribution in [2.24, 2.45) is 0 Å².